The smallest absolute Gasteiger partial charge is 0.172 e. The lowest BCUT2D eigenvalue weighted by molar-refractivity contribution is 0.102. The predicted molar refractivity (Wildman–Crippen MR) is 65.2 cm³/mol. The summed E-state index contributed by atoms with van der Waals surface area (Å²) in [5, 5.41) is 0. The highest BCUT2D eigenvalue weighted by Crippen LogP contribution is 2.24. The molecule has 0 bridgehead atoms. The Hall–Kier alpha value is -0.960. The van der Waals surface area contributed by atoms with Crippen molar-refractivity contribution in [2.45, 2.75) is 13.8 Å². The largest absolute Gasteiger partial charge is 0.496 e. The number of carbonyl (C=O) groups is 1. The minimum absolute atomic E-state index is 0.177. The highest BCUT2D eigenvalue weighted by atomic mass is 32.2. The summed E-state index contributed by atoms with van der Waals surface area (Å²) in [6, 6.07) is 3.79. The third-order valence-electron chi connectivity index (χ3n) is 2.26. The number of Topliss-reactive ketones (excluding diaryl/α,β-unsaturated/α-hetero) is 1. The van der Waals surface area contributed by atoms with Gasteiger partial charge in [-0.1, -0.05) is 0 Å². The Morgan fingerprint density at radius 2 is 1.87 bits per heavy atom. The summed E-state index contributed by atoms with van der Waals surface area (Å²) >= 11 is 1.55. The summed E-state index contributed by atoms with van der Waals surface area (Å²) in [6.45, 7) is 3.92. The van der Waals surface area contributed by atoms with Gasteiger partial charge in [-0.15, -0.1) is 0 Å². The van der Waals surface area contributed by atoms with Crippen LogP contribution >= 0.6 is 11.8 Å². The lowest BCUT2D eigenvalue weighted by Crippen LogP contribution is -2.04. The van der Waals surface area contributed by atoms with Crippen molar-refractivity contribution in [1.29, 1.82) is 0 Å². The van der Waals surface area contributed by atoms with Gasteiger partial charge in [0.1, 0.15) is 5.75 Å². The van der Waals surface area contributed by atoms with Crippen LogP contribution in [0.1, 0.15) is 21.5 Å². The Balaban J connectivity index is 3.08. The van der Waals surface area contributed by atoms with E-state index in [0.717, 1.165) is 22.4 Å². The molecule has 0 aliphatic carbocycles. The molecule has 15 heavy (non-hydrogen) atoms. The van der Waals surface area contributed by atoms with Crippen LogP contribution in [-0.4, -0.2) is 24.9 Å². The van der Waals surface area contributed by atoms with E-state index >= 15 is 0 Å². The molecule has 0 amide bonds. The van der Waals surface area contributed by atoms with Crippen molar-refractivity contribution in [1.82, 2.24) is 0 Å². The van der Waals surface area contributed by atoms with Gasteiger partial charge in [0.15, 0.2) is 5.78 Å². The maximum absolute atomic E-state index is 11.7. The summed E-state index contributed by atoms with van der Waals surface area (Å²) in [5.41, 5.74) is 2.81. The molecule has 82 valence electrons. The maximum atomic E-state index is 11.7. The van der Waals surface area contributed by atoms with Gasteiger partial charge in [-0.25, -0.2) is 0 Å². The molecule has 3 heteroatoms. The standard InChI is InChI=1S/C12H16O2S/c1-8-5-10(11(13)7-15-4)6-9(2)12(8)14-3/h5-6H,7H2,1-4H3. The van der Waals surface area contributed by atoms with Crippen LogP contribution < -0.4 is 4.74 Å². The topological polar surface area (TPSA) is 26.3 Å². The van der Waals surface area contributed by atoms with Gasteiger partial charge < -0.3 is 4.74 Å². The van der Waals surface area contributed by atoms with E-state index in [1.54, 1.807) is 18.9 Å². The molecule has 0 fully saturated rings. The minimum atomic E-state index is 0.177. The number of aryl methyl sites for hydroxylation is 2. The second-order valence-corrected chi connectivity index (χ2v) is 4.37. The maximum Gasteiger partial charge on any atom is 0.172 e. The van der Waals surface area contributed by atoms with Crippen molar-refractivity contribution in [2.75, 3.05) is 19.1 Å². The number of carbonyl (C=O) groups excluding carboxylic acids is 1. The molecular formula is C12H16O2S. The van der Waals surface area contributed by atoms with Crippen molar-refractivity contribution >= 4 is 17.5 Å². The summed E-state index contributed by atoms with van der Waals surface area (Å²) < 4.78 is 5.25. The molecular weight excluding hydrogens is 208 g/mol. The fourth-order valence-corrected chi connectivity index (χ4v) is 2.08. The molecule has 2 nitrogen and oxygen atoms in total. The summed E-state index contributed by atoms with van der Waals surface area (Å²) in [7, 11) is 1.65. The van der Waals surface area contributed by atoms with Gasteiger partial charge in [0.2, 0.25) is 0 Å². The highest BCUT2D eigenvalue weighted by Gasteiger charge is 2.10. The van der Waals surface area contributed by atoms with Crippen molar-refractivity contribution in [2.24, 2.45) is 0 Å². The highest BCUT2D eigenvalue weighted by molar-refractivity contribution is 7.99. The molecule has 0 atom stereocenters. The van der Waals surface area contributed by atoms with Crippen molar-refractivity contribution in [3.8, 4) is 5.75 Å². The molecule has 0 unspecified atom stereocenters. The van der Waals surface area contributed by atoms with E-state index in [1.807, 2.05) is 32.2 Å². The number of ether oxygens (including phenoxy) is 1. The first-order valence-corrected chi connectivity index (χ1v) is 6.17. The van der Waals surface area contributed by atoms with Crippen LogP contribution in [-0.2, 0) is 0 Å². The zero-order chi connectivity index (χ0) is 11.4. The number of hydrogen-bond donors (Lipinski definition) is 0. The van der Waals surface area contributed by atoms with Crippen LogP contribution in [0.3, 0.4) is 0 Å². The molecule has 0 aromatic heterocycles. The molecule has 0 aliphatic rings. The van der Waals surface area contributed by atoms with E-state index in [1.165, 1.54) is 0 Å². The normalized spacial score (nSPS) is 10.1. The van der Waals surface area contributed by atoms with Crippen LogP contribution in [0.15, 0.2) is 12.1 Å². The summed E-state index contributed by atoms with van der Waals surface area (Å²) in [6.07, 6.45) is 1.93. The molecule has 0 radical (unpaired) electrons. The lowest BCUT2D eigenvalue weighted by atomic mass is 10.0. The van der Waals surface area contributed by atoms with Crippen molar-refractivity contribution < 1.29 is 9.53 Å². The predicted octanol–water partition coefficient (Wildman–Crippen LogP) is 2.86. The first-order valence-electron chi connectivity index (χ1n) is 4.77. The van der Waals surface area contributed by atoms with E-state index in [9.17, 15) is 4.79 Å². The van der Waals surface area contributed by atoms with Gasteiger partial charge in [-0.2, -0.15) is 11.8 Å². The van der Waals surface area contributed by atoms with Crippen LogP contribution in [0.4, 0.5) is 0 Å². The molecule has 0 saturated carbocycles. The van der Waals surface area contributed by atoms with Gasteiger partial charge in [0, 0.05) is 5.56 Å². The Kier molecular flexibility index (Phi) is 4.21. The quantitative estimate of drug-likeness (QED) is 0.736. The molecule has 0 saturated heterocycles. The molecule has 0 aliphatic heterocycles. The SMILES string of the molecule is COc1c(C)cc(C(=O)CSC)cc1C. The third-order valence-corrected chi connectivity index (χ3v) is 2.81. The van der Waals surface area contributed by atoms with E-state index in [0.29, 0.717) is 5.75 Å². The Labute approximate surface area is 95.0 Å². The van der Waals surface area contributed by atoms with Crippen LogP contribution in [0.25, 0.3) is 0 Å². The Morgan fingerprint density at radius 1 is 1.33 bits per heavy atom. The van der Waals surface area contributed by atoms with Crippen LogP contribution in [0, 0.1) is 13.8 Å². The van der Waals surface area contributed by atoms with Crippen molar-refractivity contribution in [3.63, 3.8) is 0 Å². The second-order valence-electron chi connectivity index (χ2n) is 3.50. The second kappa shape index (κ2) is 5.21. The van der Waals surface area contributed by atoms with Gasteiger partial charge in [0.25, 0.3) is 0 Å². The van der Waals surface area contributed by atoms with E-state index in [2.05, 4.69) is 0 Å². The number of rotatable bonds is 4. The van der Waals surface area contributed by atoms with Crippen LogP contribution in [0.5, 0.6) is 5.75 Å². The van der Waals surface area contributed by atoms with Gasteiger partial charge in [0.05, 0.1) is 12.9 Å². The number of benzene rings is 1. The average Bonchev–Trinajstić information content (AvgIpc) is 2.17. The molecule has 1 aromatic carbocycles. The van der Waals surface area contributed by atoms with Crippen molar-refractivity contribution in [3.05, 3.63) is 28.8 Å². The van der Waals surface area contributed by atoms with E-state index < -0.39 is 0 Å². The minimum Gasteiger partial charge on any atom is -0.496 e. The number of hydrogen-bond acceptors (Lipinski definition) is 3. The molecule has 0 N–H and O–H groups in total. The fraction of sp³-hybridized carbons (Fsp3) is 0.417. The zero-order valence-electron chi connectivity index (χ0n) is 9.59. The summed E-state index contributed by atoms with van der Waals surface area (Å²) in [5.74, 6) is 1.58. The molecule has 1 rings (SSSR count). The number of ketones is 1. The van der Waals surface area contributed by atoms with E-state index in [-0.39, 0.29) is 5.78 Å². The molecule has 1 aromatic rings. The first kappa shape index (κ1) is 12.1. The van der Waals surface area contributed by atoms with Crippen LogP contribution in [0.2, 0.25) is 0 Å². The van der Waals surface area contributed by atoms with Gasteiger partial charge in [-0.3, -0.25) is 4.79 Å². The average molecular weight is 224 g/mol. The Morgan fingerprint density at radius 3 is 2.27 bits per heavy atom. The number of methoxy groups -OCH3 is 1. The lowest BCUT2D eigenvalue weighted by Gasteiger charge is -2.10. The monoisotopic (exact) mass is 224 g/mol. The zero-order valence-corrected chi connectivity index (χ0v) is 10.4. The molecule has 0 spiro atoms. The first-order chi connectivity index (χ1) is 7.10. The van der Waals surface area contributed by atoms with Gasteiger partial charge >= 0.3 is 0 Å². The number of thioether (sulfide) groups is 1. The summed E-state index contributed by atoms with van der Waals surface area (Å²) in [4.78, 5) is 11.7. The third kappa shape index (κ3) is 2.75. The van der Waals surface area contributed by atoms with Gasteiger partial charge in [-0.05, 0) is 43.4 Å². The van der Waals surface area contributed by atoms with E-state index in [4.69, 9.17) is 4.74 Å². The Bertz CT molecular complexity index is 349. The molecule has 0 heterocycles. The fourth-order valence-electron chi connectivity index (χ4n) is 1.65.